The van der Waals surface area contributed by atoms with Crippen LogP contribution < -0.4 is 10.6 Å². The van der Waals surface area contributed by atoms with E-state index in [1.54, 1.807) is 12.3 Å². The molecule has 2 rings (SSSR count). The van der Waals surface area contributed by atoms with Crippen molar-refractivity contribution in [2.24, 2.45) is 0 Å². The van der Waals surface area contributed by atoms with E-state index >= 15 is 0 Å². The van der Waals surface area contributed by atoms with Crippen molar-refractivity contribution in [2.45, 2.75) is 26.3 Å². The molecule has 5 heteroatoms. The summed E-state index contributed by atoms with van der Waals surface area (Å²) < 4.78 is 0. The standard InChI is InChI=1S/C16H20N4O/c1-12(2)19-15(21)14-9-11-18-16(20-14)17-10-8-13-6-4-3-5-7-13/h3-7,9,11-12H,8,10H2,1-2H3,(H,19,21)(H,17,18,20). The molecule has 1 amide bonds. The van der Waals surface area contributed by atoms with Crippen LogP contribution in [0, 0.1) is 0 Å². The molecule has 110 valence electrons. The van der Waals surface area contributed by atoms with Gasteiger partial charge in [-0.25, -0.2) is 9.97 Å². The fraction of sp³-hybridized carbons (Fsp3) is 0.312. The third-order valence-corrected chi connectivity index (χ3v) is 2.85. The van der Waals surface area contributed by atoms with Crippen molar-refractivity contribution < 1.29 is 4.79 Å². The van der Waals surface area contributed by atoms with Crippen LogP contribution in [0.5, 0.6) is 0 Å². The molecule has 0 atom stereocenters. The van der Waals surface area contributed by atoms with Crippen molar-refractivity contribution >= 4 is 11.9 Å². The molecule has 2 N–H and O–H groups in total. The molecule has 1 aromatic heterocycles. The predicted octanol–water partition coefficient (Wildman–Crippen LogP) is 2.27. The molecule has 0 fully saturated rings. The van der Waals surface area contributed by atoms with Gasteiger partial charge in [-0.1, -0.05) is 30.3 Å². The second-order valence-corrected chi connectivity index (χ2v) is 5.06. The fourth-order valence-electron chi connectivity index (χ4n) is 1.87. The summed E-state index contributed by atoms with van der Waals surface area (Å²) in [6.45, 7) is 4.55. The van der Waals surface area contributed by atoms with Gasteiger partial charge in [-0.05, 0) is 31.9 Å². The topological polar surface area (TPSA) is 66.9 Å². The van der Waals surface area contributed by atoms with E-state index < -0.39 is 0 Å². The number of nitrogens with one attached hydrogen (secondary N) is 2. The average molecular weight is 284 g/mol. The minimum atomic E-state index is -0.182. The molecular formula is C16H20N4O. The minimum absolute atomic E-state index is 0.0851. The van der Waals surface area contributed by atoms with Crippen LogP contribution >= 0.6 is 0 Å². The van der Waals surface area contributed by atoms with Crippen LogP contribution in [0.15, 0.2) is 42.6 Å². The quantitative estimate of drug-likeness (QED) is 0.854. The van der Waals surface area contributed by atoms with Gasteiger partial charge >= 0.3 is 0 Å². The Morgan fingerprint density at radius 1 is 1.19 bits per heavy atom. The van der Waals surface area contributed by atoms with E-state index in [0.29, 0.717) is 11.6 Å². The smallest absolute Gasteiger partial charge is 0.270 e. The van der Waals surface area contributed by atoms with Crippen molar-refractivity contribution in [1.82, 2.24) is 15.3 Å². The van der Waals surface area contributed by atoms with Gasteiger partial charge in [-0.3, -0.25) is 4.79 Å². The largest absolute Gasteiger partial charge is 0.354 e. The number of anilines is 1. The van der Waals surface area contributed by atoms with Crippen LogP contribution in [0.2, 0.25) is 0 Å². The molecule has 2 aromatic rings. The summed E-state index contributed by atoms with van der Waals surface area (Å²) in [5, 5.41) is 5.95. The second kappa shape index (κ2) is 7.38. The van der Waals surface area contributed by atoms with E-state index in [2.05, 4.69) is 32.7 Å². The third kappa shape index (κ3) is 4.87. The maximum absolute atomic E-state index is 11.9. The first-order valence-electron chi connectivity index (χ1n) is 7.07. The van der Waals surface area contributed by atoms with Gasteiger partial charge in [0.15, 0.2) is 0 Å². The molecule has 5 nitrogen and oxygen atoms in total. The normalized spacial score (nSPS) is 10.4. The Hall–Kier alpha value is -2.43. The first kappa shape index (κ1) is 15.0. The summed E-state index contributed by atoms with van der Waals surface area (Å²) in [6.07, 6.45) is 2.47. The molecule has 0 saturated heterocycles. The van der Waals surface area contributed by atoms with Gasteiger partial charge in [0.25, 0.3) is 5.91 Å². The molecule has 0 saturated carbocycles. The van der Waals surface area contributed by atoms with E-state index in [9.17, 15) is 4.79 Å². The fourth-order valence-corrected chi connectivity index (χ4v) is 1.87. The third-order valence-electron chi connectivity index (χ3n) is 2.85. The number of nitrogens with zero attached hydrogens (tertiary/aromatic N) is 2. The number of hydrogen-bond acceptors (Lipinski definition) is 4. The Morgan fingerprint density at radius 3 is 2.67 bits per heavy atom. The Bertz CT molecular complexity index is 584. The molecule has 0 bridgehead atoms. The number of aromatic nitrogens is 2. The van der Waals surface area contributed by atoms with E-state index in [1.165, 1.54) is 5.56 Å². The SMILES string of the molecule is CC(C)NC(=O)c1ccnc(NCCc2ccccc2)n1. The van der Waals surface area contributed by atoms with Gasteiger partial charge in [0.1, 0.15) is 5.69 Å². The van der Waals surface area contributed by atoms with Crippen LogP contribution in [0.25, 0.3) is 0 Å². The van der Waals surface area contributed by atoms with Crippen molar-refractivity contribution in [3.8, 4) is 0 Å². The van der Waals surface area contributed by atoms with Crippen LogP contribution in [-0.2, 0) is 6.42 Å². The summed E-state index contributed by atoms with van der Waals surface area (Å²) in [5.74, 6) is 0.292. The van der Waals surface area contributed by atoms with E-state index in [-0.39, 0.29) is 11.9 Å². The number of carbonyl (C=O) groups is 1. The highest BCUT2D eigenvalue weighted by Crippen LogP contribution is 2.03. The zero-order valence-electron chi connectivity index (χ0n) is 12.3. The monoisotopic (exact) mass is 284 g/mol. The predicted molar refractivity (Wildman–Crippen MR) is 83.3 cm³/mol. The Kier molecular flexibility index (Phi) is 5.26. The van der Waals surface area contributed by atoms with Crippen molar-refractivity contribution in [1.29, 1.82) is 0 Å². The molecule has 0 aliphatic rings. The van der Waals surface area contributed by atoms with Gasteiger partial charge in [0.05, 0.1) is 0 Å². The number of hydrogen-bond donors (Lipinski definition) is 2. The van der Waals surface area contributed by atoms with Crippen molar-refractivity contribution in [3.63, 3.8) is 0 Å². The van der Waals surface area contributed by atoms with Gasteiger partial charge in [0, 0.05) is 18.8 Å². The summed E-state index contributed by atoms with van der Waals surface area (Å²) in [7, 11) is 0. The van der Waals surface area contributed by atoms with Gasteiger partial charge in [-0.2, -0.15) is 0 Å². The molecule has 0 aliphatic heterocycles. The molecule has 1 aromatic carbocycles. The van der Waals surface area contributed by atoms with Crippen LogP contribution in [0.3, 0.4) is 0 Å². The van der Waals surface area contributed by atoms with E-state index in [0.717, 1.165) is 13.0 Å². The highest BCUT2D eigenvalue weighted by atomic mass is 16.1. The zero-order chi connectivity index (χ0) is 15.1. The number of rotatable bonds is 6. The van der Waals surface area contributed by atoms with Crippen LogP contribution in [-0.4, -0.2) is 28.5 Å². The Labute approximate surface area is 124 Å². The van der Waals surface area contributed by atoms with Crippen LogP contribution in [0.1, 0.15) is 29.9 Å². The van der Waals surface area contributed by atoms with Gasteiger partial charge in [0.2, 0.25) is 5.95 Å². The molecule has 21 heavy (non-hydrogen) atoms. The summed E-state index contributed by atoms with van der Waals surface area (Å²) in [6, 6.07) is 11.9. The number of amides is 1. The molecule has 0 unspecified atom stereocenters. The van der Waals surface area contributed by atoms with Gasteiger partial charge < -0.3 is 10.6 Å². The Morgan fingerprint density at radius 2 is 1.95 bits per heavy atom. The lowest BCUT2D eigenvalue weighted by Gasteiger charge is -2.09. The first-order valence-corrected chi connectivity index (χ1v) is 7.07. The van der Waals surface area contributed by atoms with E-state index in [1.807, 2.05) is 32.0 Å². The van der Waals surface area contributed by atoms with E-state index in [4.69, 9.17) is 0 Å². The molecular weight excluding hydrogens is 264 g/mol. The Balaban J connectivity index is 1.90. The van der Waals surface area contributed by atoms with Crippen molar-refractivity contribution in [2.75, 3.05) is 11.9 Å². The van der Waals surface area contributed by atoms with Gasteiger partial charge in [-0.15, -0.1) is 0 Å². The lowest BCUT2D eigenvalue weighted by molar-refractivity contribution is 0.0938. The summed E-state index contributed by atoms with van der Waals surface area (Å²) in [4.78, 5) is 20.2. The molecule has 0 aliphatic carbocycles. The first-order chi connectivity index (χ1) is 10.1. The average Bonchev–Trinajstić information content (AvgIpc) is 2.48. The molecule has 1 heterocycles. The second-order valence-electron chi connectivity index (χ2n) is 5.06. The summed E-state index contributed by atoms with van der Waals surface area (Å²) in [5.41, 5.74) is 1.62. The minimum Gasteiger partial charge on any atom is -0.354 e. The lowest BCUT2D eigenvalue weighted by atomic mass is 10.1. The number of carbonyl (C=O) groups excluding carboxylic acids is 1. The summed E-state index contributed by atoms with van der Waals surface area (Å²) >= 11 is 0. The van der Waals surface area contributed by atoms with Crippen molar-refractivity contribution in [3.05, 3.63) is 53.9 Å². The highest BCUT2D eigenvalue weighted by Gasteiger charge is 2.09. The highest BCUT2D eigenvalue weighted by molar-refractivity contribution is 5.92. The van der Waals surface area contributed by atoms with Crippen LogP contribution in [0.4, 0.5) is 5.95 Å². The lowest BCUT2D eigenvalue weighted by Crippen LogP contribution is -2.31. The molecule has 0 spiro atoms. The zero-order valence-corrected chi connectivity index (χ0v) is 12.3. The maximum Gasteiger partial charge on any atom is 0.270 e. The number of benzene rings is 1. The maximum atomic E-state index is 11.9. The molecule has 0 radical (unpaired) electrons.